The first kappa shape index (κ1) is 14.4. The average molecular weight is 288 g/mol. The zero-order valence-corrected chi connectivity index (χ0v) is 12.8. The molecule has 0 radical (unpaired) electrons. The highest BCUT2D eigenvalue weighted by atomic mass is 16.5. The van der Waals surface area contributed by atoms with Crippen molar-refractivity contribution in [3.8, 4) is 5.75 Å². The zero-order valence-electron chi connectivity index (χ0n) is 12.8. The maximum Gasteiger partial charge on any atom is 0.217 e. The van der Waals surface area contributed by atoms with Gasteiger partial charge in [0.15, 0.2) is 0 Å². The van der Waals surface area contributed by atoms with E-state index in [1.54, 1.807) is 14.0 Å². The van der Waals surface area contributed by atoms with Crippen molar-refractivity contribution in [1.29, 1.82) is 0 Å². The Bertz CT molecular complexity index is 496. The third-order valence-corrected chi connectivity index (χ3v) is 4.54. The summed E-state index contributed by atoms with van der Waals surface area (Å²) < 4.78 is 5.23. The fourth-order valence-electron chi connectivity index (χ4n) is 3.30. The van der Waals surface area contributed by atoms with Gasteiger partial charge in [0.1, 0.15) is 5.75 Å². The molecular weight excluding hydrogens is 264 g/mol. The molecule has 1 amide bonds. The average Bonchev–Trinajstić information content (AvgIpc) is 3.19. The Labute approximate surface area is 126 Å². The molecule has 4 nitrogen and oxygen atoms in total. The molecule has 2 atom stereocenters. The molecule has 1 aliphatic heterocycles. The van der Waals surface area contributed by atoms with E-state index in [0.717, 1.165) is 24.8 Å². The topological polar surface area (TPSA) is 41.6 Å². The Morgan fingerprint density at radius 1 is 1.29 bits per heavy atom. The number of ether oxygens (including phenoxy) is 1. The van der Waals surface area contributed by atoms with Gasteiger partial charge >= 0.3 is 0 Å². The van der Waals surface area contributed by atoms with Crippen LogP contribution in [0.2, 0.25) is 0 Å². The Balaban J connectivity index is 1.73. The number of rotatable bonds is 5. The molecule has 1 saturated carbocycles. The highest BCUT2D eigenvalue weighted by Gasteiger charge is 2.36. The van der Waals surface area contributed by atoms with E-state index >= 15 is 0 Å². The number of carbonyl (C=O) groups excluding carboxylic acids is 1. The largest absolute Gasteiger partial charge is 0.497 e. The second-order valence-corrected chi connectivity index (χ2v) is 6.35. The van der Waals surface area contributed by atoms with Crippen LogP contribution in [0.15, 0.2) is 24.3 Å². The van der Waals surface area contributed by atoms with Gasteiger partial charge in [-0.2, -0.15) is 0 Å². The molecule has 114 valence electrons. The SMILES string of the molecule is COc1ccc([C@@H]2CN(CC3CC3)C[C@H]2NC(C)=O)cc1. The summed E-state index contributed by atoms with van der Waals surface area (Å²) in [5.41, 5.74) is 1.29. The molecule has 0 unspecified atom stereocenters. The highest BCUT2D eigenvalue weighted by molar-refractivity contribution is 5.73. The molecule has 0 bridgehead atoms. The van der Waals surface area contributed by atoms with Crippen LogP contribution in [0.5, 0.6) is 5.75 Å². The van der Waals surface area contributed by atoms with Gasteiger partial charge in [0, 0.05) is 38.5 Å². The van der Waals surface area contributed by atoms with E-state index in [1.165, 1.54) is 24.9 Å². The zero-order chi connectivity index (χ0) is 14.8. The van der Waals surface area contributed by atoms with Crippen molar-refractivity contribution < 1.29 is 9.53 Å². The molecule has 1 N–H and O–H groups in total. The normalized spacial score (nSPS) is 25.8. The first-order chi connectivity index (χ1) is 10.2. The van der Waals surface area contributed by atoms with Crippen LogP contribution in [0.3, 0.4) is 0 Å². The molecule has 2 fully saturated rings. The number of hydrogen-bond donors (Lipinski definition) is 1. The van der Waals surface area contributed by atoms with Crippen LogP contribution in [-0.4, -0.2) is 43.6 Å². The molecule has 1 saturated heterocycles. The van der Waals surface area contributed by atoms with E-state index in [9.17, 15) is 4.79 Å². The molecule has 1 aliphatic carbocycles. The van der Waals surface area contributed by atoms with Gasteiger partial charge in [-0.25, -0.2) is 0 Å². The highest BCUT2D eigenvalue weighted by Crippen LogP contribution is 2.34. The van der Waals surface area contributed by atoms with Gasteiger partial charge in [0.05, 0.1) is 7.11 Å². The number of nitrogens with one attached hydrogen (secondary N) is 1. The predicted octanol–water partition coefficient (Wildman–Crippen LogP) is 2.01. The van der Waals surface area contributed by atoms with Crippen LogP contribution in [0.25, 0.3) is 0 Å². The number of benzene rings is 1. The van der Waals surface area contributed by atoms with E-state index in [2.05, 4.69) is 22.3 Å². The van der Waals surface area contributed by atoms with Crippen molar-refractivity contribution in [3.05, 3.63) is 29.8 Å². The Morgan fingerprint density at radius 3 is 2.57 bits per heavy atom. The van der Waals surface area contributed by atoms with E-state index in [0.29, 0.717) is 5.92 Å². The first-order valence-electron chi connectivity index (χ1n) is 7.79. The molecule has 21 heavy (non-hydrogen) atoms. The van der Waals surface area contributed by atoms with Gasteiger partial charge < -0.3 is 15.0 Å². The fourth-order valence-corrected chi connectivity index (χ4v) is 3.30. The predicted molar refractivity (Wildman–Crippen MR) is 82.5 cm³/mol. The number of hydrogen-bond acceptors (Lipinski definition) is 3. The lowest BCUT2D eigenvalue weighted by atomic mass is 9.94. The van der Waals surface area contributed by atoms with Crippen LogP contribution in [0.4, 0.5) is 0 Å². The lowest BCUT2D eigenvalue weighted by Crippen LogP contribution is -2.38. The molecule has 3 rings (SSSR count). The second kappa shape index (κ2) is 6.06. The maximum absolute atomic E-state index is 11.5. The van der Waals surface area contributed by atoms with E-state index in [-0.39, 0.29) is 11.9 Å². The summed E-state index contributed by atoms with van der Waals surface area (Å²) in [6.07, 6.45) is 2.74. The summed E-state index contributed by atoms with van der Waals surface area (Å²) in [7, 11) is 1.68. The number of carbonyl (C=O) groups is 1. The van der Waals surface area contributed by atoms with Crippen LogP contribution >= 0.6 is 0 Å². The quantitative estimate of drug-likeness (QED) is 0.901. The molecule has 1 heterocycles. The summed E-state index contributed by atoms with van der Waals surface area (Å²) in [5.74, 6) is 2.20. The van der Waals surface area contributed by atoms with Gasteiger partial charge in [0.2, 0.25) is 5.91 Å². The minimum atomic E-state index is 0.0618. The summed E-state index contributed by atoms with van der Waals surface area (Å²) in [6, 6.07) is 8.47. The van der Waals surface area contributed by atoms with Crippen molar-refractivity contribution in [2.75, 3.05) is 26.7 Å². The third-order valence-electron chi connectivity index (χ3n) is 4.54. The Hall–Kier alpha value is -1.55. The van der Waals surface area contributed by atoms with Gasteiger partial charge in [-0.05, 0) is 36.5 Å². The number of nitrogens with zero attached hydrogens (tertiary/aromatic N) is 1. The lowest BCUT2D eigenvalue weighted by molar-refractivity contribution is -0.119. The van der Waals surface area contributed by atoms with Gasteiger partial charge in [0.25, 0.3) is 0 Å². The van der Waals surface area contributed by atoms with Crippen molar-refractivity contribution >= 4 is 5.91 Å². The van der Waals surface area contributed by atoms with Crippen LogP contribution < -0.4 is 10.1 Å². The van der Waals surface area contributed by atoms with Crippen molar-refractivity contribution in [3.63, 3.8) is 0 Å². The van der Waals surface area contributed by atoms with Crippen LogP contribution in [0.1, 0.15) is 31.2 Å². The smallest absolute Gasteiger partial charge is 0.217 e. The van der Waals surface area contributed by atoms with Gasteiger partial charge in [-0.15, -0.1) is 0 Å². The summed E-state index contributed by atoms with van der Waals surface area (Å²) in [4.78, 5) is 14.0. The number of likely N-dealkylation sites (tertiary alicyclic amines) is 1. The van der Waals surface area contributed by atoms with Crippen molar-refractivity contribution in [2.24, 2.45) is 5.92 Å². The number of amides is 1. The molecule has 2 aliphatic rings. The maximum atomic E-state index is 11.5. The second-order valence-electron chi connectivity index (χ2n) is 6.35. The Kier molecular flexibility index (Phi) is 4.15. The van der Waals surface area contributed by atoms with E-state index in [1.807, 2.05) is 12.1 Å². The minimum Gasteiger partial charge on any atom is -0.497 e. The monoisotopic (exact) mass is 288 g/mol. The molecule has 1 aromatic carbocycles. The molecule has 0 aromatic heterocycles. The molecule has 0 spiro atoms. The van der Waals surface area contributed by atoms with E-state index < -0.39 is 0 Å². The minimum absolute atomic E-state index is 0.0618. The number of methoxy groups -OCH3 is 1. The summed E-state index contributed by atoms with van der Waals surface area (Å²) >= 11 is 0. The summed E-state index contributed by atoms with van der Waals surface area (Å²) in [6.45, 7) is 4.79. The third kappa shape index (κ3) is 3.56. The first-order valence-corrected chi connectivity index (χ1v) is 7.79. The van der Waals surface area contributed by atoms with E-state index in [4.69, 9.17) is 4.74 Å². The lowest BCUT2D eigenvalue weighted by Gasteiger charge is -2.19. The molecular formula is C17H24N2O2. The van der Waals surface area contributed by atoms with Crippen LogP contribution in [0, 0.1) is 5.92 Å². The Morgan fingerprint density at radius 2 is 2.00 bits per heavy atom. The van der Waals surface area contributed by atoms with Crippen molar-refractivity contribution in [2.45, 2.75) is 31.7 Å². The fraction of sp³-hybridized carbons (Fsp3) is 0.588. The molecule has 1 aromatic rings. The van der Waals surface area contributed by atoms with Gasteiger partial charge in [-0.1, -0.05) is 12.1 Å². The molecule has 4 heteroatoms. The van der Waals surface area contributed by atoms with Crippen LogP contribution in [-0.2, 0) is 4.79 Å². The standard InChI is InChI=1S/C17H24N2O2/c1-12(20)18-17-11-19(9-13-3-4-13)10-16(17)14-5-7-15(21-2)8-6-14/h5-8,13,16-17H,3-4,9-11H2,1-2H3,(H,18,20)/t16-,17+/m0/s1. The van der Waals surface area contributed by atoms with Gasteiger partial charge in [-0.3, -0.25) is 4.79 Å². The van der Waals surface area contributed by atoms with Crippen molar-refractivity contribution in [1.82, 2.24) is 10.2 Å². The summed E-state index contributed by atoms with van der Waals surface area (Å²) in [5, 5.41) is 3.13.